The summed E-state index contributed by atoms with van der Waals surface area (Å²) in [5.41, 5.74) is 6.93. The number of nitrogens with one attached hydrogen (secondary N) is 4. The van der Waals surface area contributed by atoms with E-state index >= 15 is 0 Å². The predicted octanol–water partition coefficient (Wildman–Crippen LogP) is 2.49. The molecule has 1 fully saturated rings. The molecule has 4 N–H and O–H groups in total. The van der Waals surface area contributed by atoms with Crippen molar-refractivity contribution in [2.75, 3.05) is 5.43 Å². The maximum absolute atomic E-state index is 12.2. The zero-order valence-corrected chi connectivity index (χ0v) is 16.7. The molecule has 1 aromatic carbocycles. The van der Waals surface area contributed by atoms with Gasteiger partial charge in [0.1, 0.15) is 0 Å². The first kappa shape index (κ1) is 18.9. The quantitative estimate of drug-likeness (QED) is 0.492. The predicted molar refractivity (Wildman–Crippen MR) is 101 cm³/mol. The highest BCUT2D eigenvalue weighted by Crippen LogP contribution is 2.25. The van der Waals surface area contributed by atoms with Crippen LogP contribution in [0.25, 0.3) is 0 Å². The lowest BCUT2D eigenvalue weighted by atomic mass is 10.1. The maximum atomic E-state index is 12.2. The molecule has 0 aliphatic heterocycles. The molecule has 1 aliphatic carbocycles. The highest BCUT2D eigenvalue weighted by Gasteiger charge is 2.27. The average molecular weight is 442 g/mol. The van der Waals surface area contributed by atoms with Crippen molar-refractivity contribution in [2.45, 2.75) is 43.5 Å². The highest BCUT2D eigenvalue weighted by atomic mass is 79.9. The molecule has 8 nitrogen and oxygen atoms in total. The van der Waals surface area contributed by atoms with Gasteiger partial charge in [-0.15, -0.1) is 0 Å². The third-order valence-corrected chi connectivity index (χ3v) is 6.25. The van der Waals surface area contributed by atoms with Crippen molar-refractivity contribution < 1.29 is 13.2 Å². The normalized spacial score (nSPS) is 14.5. The van der Waals surface area contributed by atoms with Crippen LogP contribution in [0.1, 0.15) is 48.8 Å². The maximum Gasteiger partial charge on any atom is 0.291 e. The van der Waals surface area contributed by atoms with Gasteiger partial charge in [0, 0.05) is 6.04 Å². The Balaban J connectivity index is 1.62. The van der Waals surface area contributed by atoms with Crippen LogP contribution in [0, 0.1) is 0 Å². The van der Waals surface area contributed by atoms with Gasteiger partial charge in [0.05, 0.1) is 20.7 Å². The fourth-order valence-electron chi connectivity index (χ4n) is 2.27. The van der Waals surface area contributed by atoms with Gasteiger partial charge in [0.15, 0.2) is 5.69 Å². The average Bonchev–Trinajstić information content (AvgIpc) is 3.30. The van der Waals surface area contributed by atoms with Crippen molar-refractivity contribution >= 4 is 37.5 Å². The lowest BCUT2D eigenvalue weighted by molar-refractivity contribution is 0.0957. The van der Waals surface area contributed by atoms with Crippen molar-refractivity contribution in [2.24, 2.45) is 0 Å². The second-order valence-electron chi connectivity index (χ2n) is 6.45. The second kappa shape index (κ2) is 7.37. The van der Waals surface area contributed by atoms with Crippen LogP contribution in [0.5, 0.6) is 0 Å². The largest absolute Gasteiger partial charge is 0.298 e. The summed E-state index contributed by atoms with van der Waals surface area (Å²) in [5, 5.41) is 6.86. The number of aromatic nitrogens is 2. The topological polar surface area (TPSA) is 116 Å². The van der Waals surface area contributed by atoms with Gasteiger partial charge in [-0.25, -0.2) is 13.1 Å². The molecule has 0 saturated heterocycles. The lowest BCUT2D eigenvalue weighted by Gasteiger charge is -2.09. The number of amides is 1. The Bertz CT molecular complexity index is 904. The Kier molecular flexibility index (Phi) is 5.35. The van der Waals surface area contributed by atoms with E-state index < -0.39 is 15.9 Å². The van der Waals surface area contributed by atoms with E-state index in [2.05, 4.69) is 41.7 Å². The van der Waals surface area contributed by atoms with Crippen molar-refractivity contribution in [3.8, 4) is 0 Å². The summed E-state index contributed by atoms with van der Waals surface area (Å²) in [6, 6.07) is 6.20. The Hall–Kier alpha value is -1.91. The van der Waals surface area contributed by atoms with Crippen molar-refractivity contribution in [3.63, 3.8) is 0 Å². The number of carbonyl (C=O) groups excluding carboxylic acids is 1. The second-order valence-corrected chi connectivity index (χ2v) is 8.96. The molecule has 140 valence electrons. The molecule has 0 atom stereocenters. The fraction of sp³-hybridized carbons (Fsp3) is 0.375. The van der Waals surface area contributed by atoms with E-state index in [1.54, 1.807) is 12.1 Å². The lowest BCUT2D eigenvalue weighted by Crippen LogP contribution is -2.30. The molecule has 0 spiro atoms. The first-order valence-electron chi connectivity index (χ1n) is 8.20. The van der Waals surface area contributed by atoms with Crippen LogP contribution in [-0.2, 0) is 10.0 Å². The molecular weight excluding hydrogens is 422 g/mol. The van der Waals surface area contributed by atoms with E-state index in [-0.39, 0.29) is 22.5 Å². The third-order valence-electron chi connectivity index (χ3n) is 3.91. The van der Waals surface area contributed by atoms with Crippen molar-refractivity contribution in [1.29, 1.82) is 0 Å². The smallest absolute Gasteiger partial charge is 0.291 e. The number of H-pyrrole nitrogens is 1. The molecule has 0 bridgehead atoms. The summed E-state index contributed by atoms with van der Waals surface area (Å²) in [6.07, 6.45) is 1.76. The molecule has 1 aliphatic rings. The van der Waals surface area contributed by atoms with E-state index in [1.165, 1.54) is 12.1 Å². The van der Waals surface area contributed by atoms with Crippen LogP contribution in [-0.4, -0.2) is 30.6 Å². The number of benzene rings is 1. The van der Waals surface area contributed by atoms with Gasteiger partial charge < -0.3 is 0 Å². The Morgan fingerprint density at radius 2 is 1.92 bits per heavy atom. The Morgan fingerprint density at radius 1 is 1.27 bits per heavy atom. The summed E-state index contributed by atoms with van der Waals surface area (Å²) in [6.45, 7) is 3.98. The molecular formula is C16H20BrN5O3S. The van der Waals surface area contributed by atoms with Gasteiger partial charge in [-0.05, 0) is 59.0 Å². The van der Waals surface area contributed by atoms with E-state index in [9.17, 15) is 13.2 Å². The minimum Gasteiger partial charge on any atom is -0.298 e. The van der Waals surface area contributed by atoms with Crippen LogP contribution in [0.3, 0.4) is 0 Å². The third kappa shape index (κ3) is 4.25. The summed E-state index contributed by atoms with van der Waals surface area (Å²) >= 11 is 3.38. The highest BCUT2D eigenvalue weighted by molar-refractivity contribution is 9.10. The van der Waals surface area contributed by atoms with Gasteiger partial charge >= 0.3 is 0 Å². The molecule has 0 radical (unpaired) electrons. The number of sulfonamides is 1. The molecule has 2 aromatic rings. The molecule has 1 heterocycles. The summed E-state index contributed by atoms with van der Waals surface area (Å²) in [7, 11) is -3.48. The minimum absolute atomic E-state index is 0.0557. The summed E-state index contributed by atoms with van der Waals surface area (Å²) in [4.78, 5) is 12.4. The number of aromatic amines is 1. The van der Waals surface area contributed by atoms with Crippen LogP contribution in [0.2, 0.25) is 0 Å². The van der Waals surface area contributed by atoms with Crippen LogP contribution in [0.4, 0.5) is 5.69 Å². The molecule has 10 heteroatoms. The van der Waals surface area contributed by atoms with Crippen LogP contribution >= 0.6 is 15.9 Å². The Morgan fingerprint density at radius 3 is 2.46 bits per heavy atom. The van der Waals surface area contributed by atoms with Gasteiger partial charge in [-0.1, -0.05) is 13.8 Å². The number of hydrazine groups is 1. The standard InChI is InChI=1S/C16H20BrN5O3S/c1-9(2)14-13(17)15(20-19-14)16(23)21-18-10-5-7-12(8-6-10)26(24,25)22-11-3-4-11/h5-9,11,18,22H,3-4H2,1-2H3,(H,19,20)(H,21,23). The van der Waals surface area contributed by atoms with Crippen molar-refractivity contribution in [1.82, 2.24) is 20.3 Å². The zero-order chi connectivity index (χ0) is 18.9. The van der Waals surface area contributed by atoms with E-state index in [0.29, 0.717) is 10.2 Å². The SMILES string of the molecule is CC(C)c1[nH]nc(C(=O)NNc2ccc(S(=O)(=O)NC3CC3)cc2)c1Br. The van der Waals surface area contributed by atoms with Gasteiger partial charge in [-0.2, -0.15) is 5.10 Å². The van der Waals surface area contributed by atoms with E-state index in [0.717, 1.165) is 18.5 Å². The fourth-order valence-corrected chi connectivity index (χ4v) is 4.39. The van der Waals surface area contributed by atoms with Gasteiger partial charge in [0.25, 0.3) is 5.91 Å². The zero-order valence-electron chi connectivity index (χ0n) is 14.3. The number of hydrogen-bond acceptors (Lipinski definition) is 5. The number of rotatable bonds is 7. The number of nitrogens with zero attached hydrogens (tertiary/aromatic N) is 1. The molecule has 26 heavy (non-hydrogen) atoms. The number of hydrogen-bond donors (Lipinski definition) is 4. The van der Waals surface area contributed by atoms with Crippen molar-refractivity contribution in [3.05, 3.63) is 40.1 Å². The minimum atomic E-state index is -3.48. The number of carbonyl (C=O) groups is 1. The molecule has 1 aromatic heterocycles. The first-order chi connectivity index (χ1) is 12.3. The number of halogens is 1. The molecule has 1 saturated carbocycles. The molecule has 1 amide bonds. The molecule has 0 unspecified atom stereocenters. The summed E-state index contributed by atoms with van der Waals surface area (Å²) in [5.74, 6) is -0.211. The summed E-state index contributed by atoms with van der Waals surface area (Å²) < 4.78 is 27.5. The first-order valence-corrected chi connectivity index (χ1v) is 10.5. The monoisotopic (exact) mass is 441 g/mol. The van der Waals surface area contributed by atoms with Crippen LogP contribution < -0.4 is 15.6 Å². The molecule has 3 rings (SSSR count). The van der Waals surface area contributed by atoms with E-state index in [4.69, 9.17) is 0 Å². The van der Waals surface area contributed by atoms with Gasteiger partial charge in [0.2, 0.25) is 10.0 Å². The van der Waals surface area contributed by atoms with E-state index in [1.807, 2.05) is 13.8 Å². The number of anilines is 1. The Labute approximate surface area is 160 Å². The van der Waals surface area contributed by atoms with Gasteiger partial charge in [-0.3, -0.25) is 20.7 Å². The van der Waals surface area contributed by atoms with Crippen LogP contribution in [0.15, 0.2) is 33.6 Å².